The number of ether oxygens (including phenoxy) is 2. The van der Waals surface area contributed by atoms with Gasteiger partial charge in [-0.1, -0.05) is 6.07 Å². The molecule has 1 heterocycles. The fraction of sp³-hybridized carbons (Fsp3) is 0.632. The number of anilines is 1. The van der Waals surface area contributed by atoms with Crippen molar-refractivity contribution >= 4 is 11.6 Å². The number of hydrogen-bond donors (Lipinski definition) is 2. The standard InChI is InChI=1S/C19H29F3N4O2/c1-3-27-10-4-7-24-18(23-2)25-14-15-5-6-16(13-17(15)19(20,21)22)26-8-11-28-12-9-26/h5-6,13H,3-4,7-12,14H2,1-2H3,(H2,23,24,25). The highest BCUT2D eigenvalue weighted by Gasteiger charge is 2.34. The monoisotopic (exact) mass is 402 g/mol. The Hall–Kier alpha value is -2.00. The van der Waals surface area contributed by atoms with Gasteiger partial charge in [-0.2, -0.15) is 13.2 Å². The summed E-state index contributed by atoms with van der Waals surface area (Å²) in [6.07, 6.45) is -3.63. The zero-order valence-electron chi connectivity index (χ0n) is 16.4. The number of alkyl halides is 3. The van der Waals surface area contributed by atoms with E-state index in [1.54, 1.807) is 13.1 Å². The van der Waals surface area contributed by atoms with Gasteiger partial charge in [0.2, 0.25) is 0 Å². The van der Waals surface area contributed by atoms with Crippen molar-refractivity contribution in [1.82, 2.24) is 10.6 Å². The first-order valence-corrected chi connectivity index (χ1v) is 9.50. The van der Waals surface area contributed by atoms with Gasteiger partial charge in [0.1, 0.15) is 0 Å². The summed E-state index contributed by atoms with van der Waals surface area (Å²) in [5.74, 6) is 0.460. The highest BCUT2D eigenvalue weighted by atomic mass is 19.4. The quantitative estimate of drug-likeness (QED) is 0.398. The van der Waals surface area contributed by atoms with Crippen LogP contribution < -0.4 is 15.5 Å². The van der Waals surface area contributed by atoms with Crippen molar-refractivity contribution in [2.75, 3.05) is 58.0 Å². The van der Waals surface area contributed by atoms with Crippen molar-refractivity contribution in [3.63, 3.8) is 0 Å². The minimum Gasteiger partial charge on any atom is -0.382 e. The molecular weight excluding hydrogens is 373 g/mol. The van der Waals surface area contributed by atoms with Gasteiger partial charge in [-0.25, -0.2) is 0 Å². The van der Waals surface area contributed by atoms with Crippen molar-refractivity contribution < 1.29 is 22.6 Å². The second-order valence-electron chi connectivity index (χ2n) is 6.34. The van der Waals surface area contributed by atoms with Crippen molar-refractivity contribution in [1.29, 1.82) is 0 Å². The molecule has 0 radical (unpaired) electrons. The maximum Gasteiger partial charge on any atom is 0.416 e. The lowest BCUT2D eigenvalue weighted by molar-refractivity contribution is -0.138. The Kier molecular flexibility index (Phi) is 8.85. The van der Waals surface area contributed by atoms with Crippen molar-refractivity contribution in [2.45, 2.75) is 26.1 Å². The number of benzene rings is 1. The van der Waals surface area contributed by atoms with E-state index in [-0.39, 0.29) is 12.1 Å². The Morgan fingerprint density at radius 1 is 1.25 bits per heavy atom. The molecule has 1 aromatic rings. The number of nitrogens with one attached hydrogen (secondary N) is 2. The summed E-state index contributed by atoms with van der Waals surface area (Å²) in [6.45, 7) is 6.10. The smallest absolute Gasteiger partial charge is 0.382 e. The molecule has 1 aliphatic heterocycles. The second kappa shape index (κ2) is 11.1. The SMILES string of the molecule is CCOCCCNC(=NC)NCc1ccc(N2CCOCC2)cc1C(F)(F)F. The van der Waals surface area contributed by atoms with Gasteiger partial charge < -0.3 is 25.0 Å². The van der Waals surface area contributed by atoms with E-state index in [9.17, 15) is 13.2 Å². The molecular formula is C19H29F3N4O2. The van der Waals surface area contributed by atoms with Crippen LogP contribution in [0.2, 0.25) is 0 Å². The van der Waals surface area contributed by atoms with Gasteiger partial charge in [0.25, 0.3) is 0 Å². The minimum atomic E-state index is -4.42. The van der Waals surface area contributed by atoms with Crippen LogP contribution in [0.1, 0.15) is 24.5 Å². The fourth-order valence-electron chi connectivity index (χ4n) is 2.93. The number of halogens is 3. The largest absolute Gasteiger partial charge is 0.416 e. The van der Waals surface area contributed by atoms with Crippen LogP contribution in [0.25, 0.3) is 0 Å². The van der Waals surface area contributed by atoms with Crippen molar-refractivity contribution in [2.24, 2.45) is 4.99 Å². The predicted octanol–water partition coefficient (Wildman–Crippen LogP) is 2.63. The molecule has 0 spiro atoms. The Labute approximate surface area is 164 Å². The Balaban J connectivity index is 2.01. The van der Waals surface area contributed by atoms with Crippen LogP contribution in [-0.4, -0.2) is 59.1 Å². The first-order valence-electron chi connectivity index (χ1n) is 9.50. The molecule has 1 aromatic carbocycles. The van der Waals surface area contributed by atoms with Crippen LogP contribution in [0, 0.1) is 0 Å². The van der Waals surface area contributed by atoms with E-state index in [2.05, 4.69) is 15.6 Å². The first-order chi connectivity index (χ1) is 13.5. The maximum absolute atomic E-state index is 13.6. The van der Waals surface area contributed by atoms with Crippen LogP contribution in [0.3, 0.4) is 0 Å². The average molecular weight is 402 g/mol. The molecule has 2 N–H and O–H groups in total. The van der Waals surface area contributed by atoms with Crippen LogP contribution in [-0.2, 0) is 22.2 Å². The molecule has 0 atom stereocenters. The minimum absolute atomic E-state index is 0.0311. The third-order valence-electron chi connectivity index (χ3n) is 4.41. The van der Waals surface area contributed by atoms with E-state index in [1.165, 1.54) is 12.1 Å². The van der Waals surface area contributed by atoms with E-state index in [1.807, 2.05) is 11.8 Å². The lowest BCUT2D eigenvalue weighted by Gasteiger charge is -2.29. The molecule has 0 aromatic heterocycles. The van der Waals surface area contributed by atoms with Crippen LogP contribution in [0.5, 0.6) is 0 Å². The number of guanidine groups is 1. The zero-order valence-corrected chi connectivity index (χ0v) is 16.4. The van der Waals surface area contributed by atoms with Gasteiger partial charge in [-0.15, -0.1) is 0 Å². The van der Waals surface area contributed by atoms with E-state index < -0.39 is 11.7 Å². The second-order valence-corrected chi connectivity index (χ2v) is 6.34. The number of rotatable bonds is 8. The van der Waals surface area contributed by atoms with Gasteiger partial charge in [-0.05, 0) is 31.0 Å². The molecule has 28 heavy (non-hydrogen) atoms. The van der Waals surface area contributed by atoms with Crippen LogP contribution >= 0.6 is 0 Å². The van der Waals surface area contributed by atoms with Crippen LogP contribution in [0.15, 0.2) is 23.2 Å². The van der Waals surface area contributed by atoms with E-state index in [4.69, 9.17) is 9.47 Å². The van der Waals surface area contributed by atoms with Gasteiger partial charge in [-0.3, -0.25) is 4.99 Å². The molecule has 1 aliphatic rings. The highest BCUT2D eigenvalue weighted by Crippen LogP contribution is 2.35. The molecule has 0 bridgehead atoms. The van der Waals surface area contributed by atoms with Gasteiger partial charge in [0.15, 0.2) is 5.96 Å². The molecule has 6 nitrogen and oxygen atoms in total. The average Bonchev–Trinajstić information content (AvgIpc) is 2.70. The fourth-order valence-corrected chi connectivity index (χ4v) is 2.93. The lowest BCUT2D eigenvalue weighted by atomic mass is 10.0. The van der Waals surface area contributed by atoms with Crippen molar-refractivity contribution in [3.05, 3.63) is 29.3 Å². The number of morpholine rings is 1. The molecule has 0 unspecified atom stereocenters. The van der Waals surface area contributed by atoms with Gasteiger partial charge >= 0.3 is 6.18 Å². The van der Waals surface area contributed by atoms with Gasteiger partial charge in [0, 0.05) is 52.1 Å². The molecule has 0 amide bonds. The molecule has 1 saturated heterocycles. The zero-order chi connectivity index (χ0) is 20.4. The maximum atomic E-state index is 13.6. The van der Waals surface area contributed by atoms with E-state index in [0.717, 1.165) is 6.42 Å². The van der Waals surface area contributed by atoms with Gasteiger partial charge in [0.05, 0.1) is 18.8 Å². The first kappa shape index (κ1) is 22.3. The third-order valence-corrected chi connectivity index (χ3v) is 4.41. The summed E-state index contributed by atoms with van der Waals surface area (Å²) in [5.41, 5.74) is 0.121. The summed E-state index contributed by atoms with van der Waals surface area (Å²) in [7, 11) is 1.59. The lowest BCUT2D eigenvalue weighted by Crippen LogP contribution is -2.38. The number of aliphatic imine (C=N–C) groups is 1. The third kappa shape index (κ3) is 6.87. The number of hydrogen-bond acceptors (Lipinski definition) is 4. The summed E-state index contributed by atoms with van der Waals surface area (Å²) in [6, 6.07) is 4.49. The molecule has 0 aliphatic carbocycles. The molecule has 1 fully saturated rings. The molecule has 2 rings (SSSR count). The molecule has 0 saturated carbocycles. The Bertz CT molecular complexity index is 632. The molecule has 9 heteroatoms. The summed E-state index contributed by atoms with van der Waals surface area (Å²) < 4.78 is 51.3. The summed E-state index contributed by atoms with van der Waals surface area (Å²) >= 11 is 0. The predicted molar refractivity (Wildman–Crippen MR) is 104 cm³/mol. The van der Waals surface area contributed by atoms with E-state index in [0.29, 0.717) is 57.7 Å². The number of nitrogens with zero attached hydrogens (tertiary/aromatic N) is 2. The molecule has 158 valence electrons. The Morgan fingerprint density at radius 3 is 2.64 bits per heavy atom. The summed E-state index contributed by atoms with van der Waals surface area (Å²) in [4.78, 5) is 5.97. The van der Waals surface area contributed by atoms with Crippen molar-refractivity contribution in [3.8, 4) is 0 Å². The van der Waals surface area contributed by atoms with E-state index >= 15 is 0 Å². The Morgan fingerprint density at radius 2 is 2.00 bits per heavy atom. The van der Waals surface area contributed by atoms with Crippen LogP contribution in [0.4, 0.5) is 18.9 Å². The summed E-state index contributed by atoms with van der Waals surface area (Å²) in [5, 5.41) is 6.03. The highest BCUT2D eigenvalue weighted by molar-refractivity contribution is 5.79. The topological polar surface area (TPSA) is 58.1 Å². The normalized spacial score (nSPS) is 15.6.